The Morgan fingerprint density at radius 2 is 1.79 bits per heavy atom. The Hall–Kier alpha value is -2.60. The van der Waals surface area contributed by atoms with Gasteiger partial charge < -0.3 is 10.6 Å². The lowest BCUT2D eigenvalue weighted by Crippen LogP contribution is -2.42. The number of hydrogen-bond acceptors (Lipinski definition) is 2. The number of rotatable bonds is 3. The lowest BCUT2D eigenvalue weighted by molar-refractivity contribution is 0.247. The molecule has 1 saturated heterocycles. The summed E-state index contributed by atoms with van der Waals surface area (Å²) in [4.78, 5) is 14.8. The summed E-state index contributed by atoms with van der Waals surface area (Å²) in [6.07, 6.45) is 2.01. The van der Waals surface area contributed by atoms with Crippen molar-refractivity contribution in [3.63, 3.8) is 0 Å². The number of anilines is 2. The fourth-order valence-corrected chi connectivity index (χ4v) is 5.46. The monoisotopic (exact) mass is 483 g/mol. The number of piperidine rings is 1. The third-order valence-electron chi connectivity index (χ3n) is 6.55. The van der Waals surface area contributed by atoms with E-state index in [2.05, 4.69) is 22.8 Å². The summed E-state index contributed by atoms with van der Waals surface area (Å²) in [6, 6.07) is 14.1. The van der Waals surface area contributed by atoms with Crippen LogP contribution in [0.5, 0.6) is 0 Å². The van der Waals surface area contributed by atoms with Crippen molar-refractivity contribution in [1.82, 2.24) is 10.6 Å². The number of hydrogen-bond donors (Lipinski definition) is 2. The number of nitrogens with one attached hydrogen (secondary N) is 2. The maximum atomic E-state index is 13.8. The zero-order chi connectivity index (χ0) is 23.1. The van der Waals surface area contributed by atoms with E-state index in [9.17, 15) is 9.18 Å². The highest BCUT2D eigenvalue weighted by atomic mass is 35.5. The molecule has 0 bridgehead atoms. The first-order valence-electron chi connectivity index (χ1n) is 11.1. The molecular weight excluding hydrogens is 460 g/mol. The number of halogens is 3. The molecule has 0 saturated carbocycles. The molecule has 170 valence electrons. The summed E-state index contributed by atoms with van der Waals surface area (Å²) in [5.41, 5.74) is 6.09. The third kappa shape index (κ3) is 4.10. The summed E-state index contributed by atoms with van der Waals surface area (Å²) in [6.45, 7) is 4.19. The van der Waals surface area contributed by atoms with E-state index in [1.165, 1.54) is 12.1 Å². The van der Waals surface area contributed by atoms with Crippen molar-refractivity contribution < 1.29 is 9.18 Å². The van der Waals surface area contributed by atoms with Gasteiger partial charge in [-0.2, -0.15) is 0 Å². The van der Waals surface area contributed by atoms with Gasteiger partial charge in [0, 0.05) is 17.7 Å². The first-order valence-corrected chi connectivity index (χ1v) is 11.9. The van der Waals surface area contributed by atoms with Crippen molar-refractivity contribution in [2.75, 3.05) is 18.0 Å². The minimum atomic E-state index is -0.381. The van der Waals surface area contributed by atoms with Crippen LogP contribution in [0.1, 0.15) is 35.4 Å². The van der Waals surface area contributed by atoms with E-state index in [1.54, 1.807) is 17.0 Å². The van der Waals surface area contributed by atoms with E-state index in [-0.39, 0.29) is 11.8 Å². The molecule has 2 aliphatic rings. The topological polar surface area (TPSA) is 44.4 Å². The number of benzene rings is 3. The fourth-order valence-electron chi connectivity index (χ4n) is 4.88. The van der Waals surface area contributed by atoms with Gasteiger partial charge in [0.25, 0.3) is 0 Å². The molecule has 2 amide bonds. The van der Waals surface area contributed by atoms with Gasteiger partial charge in [0.2, 0.25) is 0 Å². The van der Waals surface area contributed by atoms with Crippen LogP contribution in [-0.2, 0) is 6.54 Å². The van der Waals surface area contributed by atoms with E-state index >= 15 is 0 Å². The van der Waals surface area contributed by atoms with E-state index in [0.717, 1.165) is 59.4 Å². The summed E-state index contributed by atoms with van der Waals surface area (Å²) < 4.78 is 13.8. The molecule has 0 aromatic heterocycles. The lowest BCUT2D eigenvalue weighted by Gasteiger charge is -2.35. The number of carbonyl (C=O) groups is 1. The molecular formula is C26H24Cl2FN3O. The Labute approximate surface area is 202 Å². The Kier molecular flexibility index (Phi) is 6.04. The molecule has 7 heteroatoms. The SMILES string of the molecule is Cc1cccc(Cl)c1N1C(=O)NCc2c(-c3ccc(F)cc3Cl)cc(C3CCNCC3)cc21. The fraction of sp³-hybridized carbons (Fsp3) is 0.269. The van der Waals surface area contributed by atoms with Crippen LogP contribution in [0.15, 0.2) is 48.5 Å². The Bertz CT molecular complexity index is 1220. The van der Waals surface area contributed by atoms with Gasteiger partial charge in [0.1, 0.15) is 5.82 Å². The van der Waals surface area contributed by atoms with Gasteiger partial charge in [-0.05, 0) is 85.8 Å². The van der Waals surface area contributed by atoms with Crippen LogP contribution in [0.4, 0.5) is 20.6 Å². The van der Waals surface area contributed by atoms with Crippen molar-refractivity contribution in [2.24, 2.45) is 0 Å². The van der Waals surface area contributed by atoms with Crippen LogP contribution >= 0.6 is 23.2 Å². The molecule has 0 unspecified atom stereocenters. The second-order valence-electron chi connectivity index (χ2n) is 8.61. The maximum absolute atomic E-state index is 13.8. The third-order valence-corrected chi connectivity index (χ3v) is 7.17. The van der Waals surface area contributed by atoms with Gasteiger partial charge in [-0.1, -0.05) is 41.4 Å². The second kappa shape index (κ2) is 8.98. The normalized spacial score (nSPS) is 16.5. The molecule has 3 aromatic carbocycles. The minimum absolute atomic E-state index is 0.225. The Morgan fingerprint density at radius 1 is 1.00 bits per heavy atom. The number of aryl methyl sites for hydroxylation is 1. The van der Waals surface area contributed by atoms with Crippen molar-refractivity contribution >= 4 is 40.6 Å². The summed E-state index contributed by atoms with van der Waals surface area (Å²) in [5.74, 6) is -0.0255. The number of fused-ring (bicyclic) bond motifs is 1. The van der Waals surface area contributed by atoms with E-state index in [0.29, 0.717) is 28.2 Å². The molecule has 1 fully saturated rings. The van der Waals surface area contributed by atoms with Gasteiger partial charge in [-0.15, -0.1) is 0 Å². The van der Waals surface area contributed by atoms with Gasteiger partial charge in [-0.3, -0.25) is 4.90 Å². The Morgan fingerprint density at radius 3 is 2.52 bits per heavy atom. The molecule has 0 spiro atoms. The summed E-state index contributed by atoms with van der Waals surface area (Å²) >= 11 is 13.1. The highest BCUT2D eigenvalue weighted by Gasteiger charge is 2.32. The largest absolute Gasteiger partial charge is 0.333 e. The van der Waals surface area contributed by atoms with Crippen LogP contribution < -0.4 is 15.5 Å². The van der Waals surface area contributed by atoms with Crippen LogP contribution in [0.2, 0.25) is 10.0 Å². The van der Waals surface area contributed by atoms with Crippen LogP contribution in [0, 0.1) is 12.7 Å². The average molecular weight is 484 g/mol. The van der Waals surface area contributed by atoms with Crippen LogP contribution in [0.25, 0.3) is 11.1 Å². The van der Waals surface area contributed by atoms with E-state index in [1.807, 2.05) is 19.1 Å². The zero-order valence-corrected chi connectivity index (χ0v) is 19.7. The summed E-state index contributed by atoms with van der Waals surface area (Å²) in [7, 11) is 0. The Balaban J connectivity index is 1.77. The zero-order valence-electron chi connectivity index (χ0n) is 18.2. The maximum Gasteiger partial charge on any atom is 0.326 e. The molecule has 0 aliphatic carbocycles. The molecule has 33 heavy (non-hydrogen) atoms. The molecule has 2 heterocycles. The van der Waals surface area contributed by atoms with Crippen molar-refractivity contribution in [3.05, 3.63) is 81.1 Å². The van der Waals surface area contributed by atoms with Crippen LogP contribution in [0.3, 0.4) is 0 Å². The van der Waals surface area contributed by atoms with Crippen molar-refractivity contribution in [2.45, 2.75) is 32.2 Å². The van der Waals surface area contributed by atoms with Crippen LogP contribution in [-0.4, -0.2) is 19.1 Å². The number of urea groups is 1. The molecule has 4 nitrogen and oxygen atoms in total. The van der Waals surface area contributed by atoms with E-state index in [4.69, 9.17) is 23.2 Å². The molecule has 5 rings (SSSR count). The number of nitrogens with zero attached hydrogens (tertiary/aromatic N) is 1. The van der Waals surface area contributed by atoms with E-state index < -0.39 is 0 Å². The quantitative estimate of drug-likeness (QED) is 0.423. The standard InChI is InChI=1S/C26H24Cl2FN3O/c1-15-3-2-4-22(27)25(15)32-24-12-17(16-7-9-30-10-8-16)11-20(21(24)14-31-26(32)33)19-6-5-18(29)13-23(19)28/h2-6,11-13,16,30H,7-10,14H2,1H3,(H,31,33). The van der Waals surface area contributed by atoms with Gasteiger partial charge in [0.15, 0.2) is 0 Å². The second-order valence-corrected chi connectivity index (χ2v) is 9.43. The minimum Gasteiger partial charge on any atom is -0.333 e. The number of amides is 2. The number of para-hydroxylation sites is 1. The van der Waals surface area contributed by atoms with Crippen molar-refractivity contribution in [1.29, 1.82) is 0 Å². The highest BCUT2D eigenvalue weighted by molar-refractivity contribution is 6.34. The molecule has 3 aromatic rings. The smallest absolute Gasteiger partial charge is 0.326 e. The molecule has 2 N–H and O–H groups in total. The highest BCUT2D eigenvalue weighted by Crippen LogP contribution is 2.45. The molecule has 0 radical (unpaired) electrons. The summed E-state index contributed by atoms with van der Waals surface area (Å²) in [5, 5.41) is 7.24. The first-order chi connectivity index (χ1) is 15.9. The molecule has 0 atom stereocenters. The van der Waals surface area contributed by atoms with Crippen molar-refractivity contribution in [3.8, 4) is 11.1 Å². The molecule has 2 aliphatic heterocycles. The number of carbonyl (C=O) groups excluding carboxylic acids is 1. The van der Waals surface area contributed by atoms with Gasteiger partial charge >= 0.3 is 6.03 Å². The predicted octanol–water partition coefficient (Wildman–Crippen LogP) is 6.94. The predicted molar refractivity (Wildman–Crippen MR) is 132 cm³/mol. The first kappa shape index (κ1) is 22.2. The van der Waals surface area contributed by atoms with Gasteiger partial charge in [0.05, 0.1) is 21.4 Å². The lowest BCUT2D eigenvalue weighted by atomic mass is 9.85. The average Bonchev–Trinajstić information content (AvgIpc) is 2.80. The van der Waals surface area contributed by atoms with Gasteiger partial charge in [-0.25, -0.2) is 9.18 Å².